The van der Waals surface area contributed by atoms with E-state index >= 15 is 0 Å². The van der Waals surface area contributed by atoms with Crippen LogP contribution in [0.5, 0.6) is 5.75 Å². The lowest BCUT2D eigenvalue weighted by Gasteiger charge is -2.25. The smallest absolute Gasteiger partial charge is 0.307 e. The van der Waals surface area contributed by atoms with Crippen LogP contribution in [-0.4, -0.2) is 25.2 Å². The summed E-state index contributed by atoms with van der Waals surface area (Å²) in [6, 6.07) is 4.80. The quantitative estimate of drug-likeness (QED) is 0.782. The molecule has 1 aromatic carbocycles. The van der Waals surface area contributed by atoms with Crippen LogP contribution in [0.15, 0.2) is 18.2 Å². The number of halogens is 1. The molecular weight excluding hydrogens is 261 g/mol. The fourth-order valence-corrected chi connectivity index (χ4v) is 1.80. The maximum atomic E-state index is 13.6. The molecule has 1 aromatic rings. The van der Waals surface area contributed by atoms with Gasteiger partial charge in [0, 0.05) is 12.1 Å². The zero-order valence-corrected chi connectivity index (χ0v) is 12.5. The highest BCUT2D eigenvalue weighted by molar-refractivity contribution is 5.70. The monoisotopic (exact) mass is 283 g/mol. The molecule has 0 spiro atoms. The Bertz CT molecular complexity index is 460. The number of nitrogens with one attached hydrogen (secondary N) is 1. The molecule has 0 bridgehead atoms. The average Bonchev–Trinajstić information content (AvgIpc) is 2.36. The Morgan fingerprint density at radius 1 is 1.40 bits per heavy atom. The predicted octanol–water partition coefficient (Wildman–Crippen LogP) is 2.66. The molecule has 20 heavy (non-hydrogen) atoms. The molecule has 0 heterocycles. The van der Waals surface area contributed by atoms with Crippen molar-refractivity contribution in [3.63, 3.8) is 0 Å². The predicted molar refractivity (Wildman–Crippen MR) is 75.1 cm³/mol. The largest absolute Gasteiger partial charge is 0.494 e. The second-order valence-corrected chi connectivity index (χ2v) is 5.19. The van der Waals surface area contributed by atoms with E-state index in [-0.39, 0.29) is 18.1 Å². The molecule has 0 atom stereocenters. The molecule has 112 valence electrons. The van der Waals surface area contributed by atoms with Crippen LogP contribution in [-0.2, 0) is 16.1 Å². The zero-order valence-electron chi connectivity index (χ0n) is 12.5. The van der Waals surface area contributed by atoms with Gasteiger partial charge >= 0.3 is 5.97 Å². The molecule has 0 amide bonds. The number of esters is 1. The van der Waals surface area contributed by atoms with E-state index in [0.717, 1.165) is 5.56 Å². The summed E-state index contributed by atoms with van der Waals surface area (Å²) in [5.74, 6) is -0.416. The molecule has 0 aliphatic carbocycles. The summed E-state index contributed by atoms with van der Waals surface area (Å²) in [6.45, 7) is 6.43. The number of carbonyl (C=O) groups excluding carboxylic acids is 1. The Labute approximate surface area is 119 Å². The van der Waals surface area contributed by atoms with Crippen molar-refractivity contribution in [1.82, 2.24) is 5.32 Å². The van der Waals surface area contributed by atoms with E-state index < -0.39 is 11.4 Å². The second kappa shape index (κ2) is 7.24. The Morgan fingerprint density at radius 2 is 2.10 bits per heavy atom. The van der Waals surface area contributed by atoms with Gasteiger partial charge in [0.2, 0.25) is 0 Å². The number of ether oxygens (including phenoxy) is 2. The maximum Gasteiger partial charge on any atom is 0.307 e. The summed E-state index contributed by atoms with van der Waals surface area (Å²) < 4.78 is 23.3. The zero-order chi connectivity index (χ0) is 15.2. The van der Waals surface area contributed by atoms with Gasteiger partial charge in [-0.05, 0) is 38.5 Å². The SMILES string of the molecule is CCOC(=O)CC(C)(C)NCc1ccc(OC)c(F)c1. The normalized spacial score (nSPS) is 11.2. The summed E-state index contributed by atoms with van der Waals surface area (Å²) in [7, 11) is 1.43. The molecule has 5 heteroatoms. The molecule has 0 saturated heterocycles. The van der Waals surface area contributed by atoms with Crippen molar-refractivity contribution in [2.45, 2.75) is 39.3 Å². The van der Waals surface area contributed by atoms with Crippen molar-refractivity contribution in [3.8, 4) is 5.75 Å². The van der Waals surface area contributed by atoms with E-state index in [1.165, 1.54) is 13.2 Å². The molecule has 1 rings (SSSR count). The highest BCUT2D eigenvalue weighted by atomic mass is 19.1. The van der Waals surface area contributed by atoms with Crippen LogP contribution in [0.4, 0.5) is 4.39 Å². The summed E-state index contributed by atoms with van der Waals surface area (Å²) in [6.07, 6.45) is 0.263. The fraction of sp³-hybridized carbons (Fsp3) is 0.533. The Morgan fingerprint density at radius 3 is 2.65 bits per heavy atom. The average molecular weight is 283 g/mol. The van der Waals surface area contributed by atoms with Gasteiger partial charge in [0.25, 0.3) is 0 Å². The van der Waals surface area contributed by atoms with E-state index in [1.807, 2.05) is 13.8 Å². The molecule has 4 nitrogen and oxygen atoms in total. The molecular formula is C15H22FNO3. The minimum Gasteiger partial charge on any atom is -0.494 e. The Hall–Kier alpha value is -1.62. The first kappa shape index (κ1) is 16.4. The van der Waals surface area contributed by atoms with Gasteiger partial charge in [0.1, 0.15) is 0 Å². The third-order valence-electron chi connectivity index (χ3n) is 2.88. The molecule has 0 radical (unpaired) electrons. The first-order valence-electron chi connectivity index (χ1n) is 6.61. The van der Waals surface area contributed by atoms with Crippen molar-refractivity contribution in [3.05, 3.63) is 29.6 Å². The highest BCUT2D eigenvalue weighted by Crippen LogP contribution is 2.18. The van der Waals surface area contributed by atoms with Crippen LogP contribution >= 0.6 is 0 Å². The number of carbonyl (C=O) groups is 1. The van der Waals surface area contributed by atoms with Gasteiger partial charge in [-0.2, -0.15) is 0 Å². The van der Waals surface area contributed by atoms with Crippen LogP contribution in [0, 0.1) is 5.82 Å². The molecule has 0 aliphatic rings. The summed E-state index contributed by atoms with van der Waals surface area (Å²) >= 11 is 0. The minimum atomic E-state index is -0.414. The van der Waals surface area contributed by atoms with Crippen molar-refractivity contribution in [2.75, 3.05) is 13.7 Å². The van der Waals surface area contributed by atoms with E-state index in [0.29, 0.717) is 13.2 Å². The van der Waals surface area contributed by atoms with Gasteiger partial charge < -0.3 is 14.8 Å². The summed E-state index contributed by atoms with van der Waals surface area (Å²) in [5.41, 5.74) is 0.378. The second-order valence-electron chi connectivity index (χ2n) is 5.19. The number of hydrogen-bond acceptors (Lipinski definition) is 4. The number of methoxy groups -OCH3 is 1. The Balaban J connectivity index is 2.57. The van der Waals surface area contributed by atoms with Gasteiger partial charge in [-0.25, -0.2) is 4.39 Å². The van der Waals surface area contributed by atoms with Gasteiger partial charge in [-0.15, -0.1) is 0 Å². The lowest BCUT2D eigenvalue weighted by molar-refractivity contribution is -0.144. The minimum absolute atomic E-state index is 0.222. The lowest BCUT2D eigenvalue weighted by Crippen LogP contribution is -2.41. The van der Waals surface area contributed by atoms with E-state index in [2.05, 4.69) is 5.32 Å². The number of hydrogen-bond donors (Lipinski definition) is 1. The van der Waals surface area contributed by atoms with E-state index in [9.17, 15) is 9.18 Å². The van der Waals surface area contributed by atoms with Gasteiger partial charge in [0.15, 0.2) is 11.6 Å². The third kappa shape index (κ3) is 5.17. The van der Waals surface area contributed by atoms with Crippen LogP contribution in [0.1, 0.15) is 32.8 Å². The van der Waals surface area contributed by atoms with Gasteiger partial charge in [0.05, 0.1) is 20.1 Å². The van der Waals surface area contributed by atoms with Crippen molar-refractivity contribution < 1.29 is 18.7 Å². The van der Waals surface area contributed by atoms with Gasteiger partial charge in [-0.3, -0.25) is 4.79 Å². The standard InChI is InChI=1S/C15H22FNO3/c1-5-20-14(18)9-15(2,3)17-10-11-6-7-13(19-4)12(16)8-11/h6-8,17H,5,9-10H2,1-4H3. The molecule has 0 aliphatic heterocycles. The summed E-state index contributed by atoms with van der Waals surface area (Å²) in [5, 5.41) is 3.22. The molecule has 1 N–H and O–H groups in total. The van der Waals surface area contributed by atoms with Crippen molar-refractivity contribution in [1.29, 1.82) is 0 Å². The molecule has 0 aromatic heterocycles. The molecule has 0 fully saturated rings. The topological polar surface area (TPSA) is 47.6 Å². The molecule has 0 unspecified atom stereocenters. The Kier molecular flexibility index (Phi) is 5.95. The van der Waals surface area contributed by atoms with E-state index in [4.69, 9.17) is 9.47 Å². The lowest BCUT2D eigenvalue weighted by atomic mass is 10.0. The first-order chi connectivity index (χ1) is 9.38. The maximum absolute atomic E-state index is 13.6. The highest BCUT2D eigenvalue weighted by Gasteiger charge is 2.22. The van der Waals surface area contributed by atoms with Crippen LogP contribution in [0.25, 0.3) is 0 Å². The van der Waals surface area contributed by atoms with Crippen LogP contribution < -0.4 is 10.1 Å². The van der Waals surface area contributed by atoms with E-state index in [1.54, 1.807) is 19.1 Å². The van der Waals surface area contributed by atoms with Crippen LogP contribution in [0.3, 0.4) is 0 Å². The third-order valence-corrected chi connectivity index (χ3v) is 2.88. The summed E-state index contributed by atoms with van der Waals surface area (Å²) in [4.78, 5) is 11.5. The number of rotatable bonds is 7. The van der Waals surface area contributed by atoms with Crippen molar-refractivity contribution in [2.24, 2.45) is 0 Å². The fourth-order valence-electron chi connectivity index (χ4n) is 1.80. The first-order valence-corrected chi connectivity index (χ1v) is 6.61. The van der Waals surface area contributed by atoms with Gasteiger partial charge in [-0.1, -0.05) is 6.07 Å². The number of benzene rings is 1. The van der Waals surface area contributed by atoms with Crippen LogP contribution in [0.2, 0.25) is 0 Å². The van der Waals surface area contributed by atoms with Crippen molar-refractivity contribution >= 4 is 5.97 Å². The molecule has 0 saturated carbocycles.